The number of sulfonamides is 1. The number of nitrogens with one attached hydrogen (secondary N) is 1. The van der Waals surface area contributed by atoms with Gasteiger partial charge in [-0.2, -0.15) is 15.1 Å². The summed E-state index contributed by atoms with van der Waals surface area (Å²) < 4.78 is 32.5. The monoisotopic (exact) mass is 454 g/mol. The van der Waals surface area contributed by atoms with Crippen molar-refractivity contribution in [1.29, 1.82) is 5.26 Å². The van der Waals surface area contributed by atoms with Crippen LogP contribution in [0.25, 0.3) is 10.9 Å². The number of nitriles is 1. The molecule has 1 N–H and O–H groups in total. The second-order valence-corrected chi connectivity index (χ2v) is 10.4. The zero-order valence-corrected chi connectivity index (χ0v) is 18.3. The summed E-state index contributed by atoms with van der Waals surface area (Å²) >= 11 is 0. The van der Waals surface area contributed by atoms with Gasteiger partial charge in [0.15, 0.2) is 0 Å². The van der Waals surface area contributed by atoms with Gasteiger partial charge < -0.3 is 0 Å². The maximum Gasteiger partial charge on any atom is 0.331 e. The molecule has 0 radical (unpaired) electrons. The minimum Gasteiger partial charge on any atom is -0.293 e. The first-order valence-corrected chi connectivity index (χ1v) is 11.9. The fourth-order valence-electron chi connectivity index (χ4n) is 3.86. The van der Waals surface area contributed by atoms with Crippen LogP contribution in [-0.4, -0.2) is 32.9 Å². The van der Waals surface area contributed by atoms with Gasteiger partial charge in [-0.3, -0.25) is 18.6 Å². The molecule has 11 heteroatoms. The predicted octanol–water partition coefficient (Wildman–Crippen LogP) is 0.689. The van der Waals surface area contributed by atoms with Gasteiger partial charge in [-0.15, -0.1) is 0 Å². The molecular formula is C21H22N6O4S. The number of rotatable bonds is 7. The molecule has 5 rings (SSSR count). The minimum atomic E-state index is -4.00. The fraction of sp³-hybridized carbons (Fsp3) is 0.429. The van der Waals surface area contributed by atoms with Crippen molar-refractivity contribution in [2.75, 3.05) is 0 Å². The van der Waals surface area contributed by atoms with Crippen LogP contribution < -0.4 is 16.0 Å². The third-order valence-electron chi connectivity index (χ3n) is 6.04. The highest BCUT2D eigenvalue weighted by Gasteiger charge is 2.46. The Hall–Kier alpha value is -3.23. The van der Waals surface area contributed by atoms with E-state index in [-0.39, 0.29) is 16.8 Å². The summed E-state index contributed by atoms with van der Waals surface area (Å²) in [6, 6.07) is 6.19. The van der Waals surface area contributed by atoms with E-state index >= 15 is 0 Å². The quantitative estimate of drug-likeness (QED) is 0.559. The molecule has 0 atom stereocenters. The second-order valence-electron chi connectivity index (χ2n) is 8.73. The number of nitrogens with zero attached hydrogens (tertiary/aromatic N) is 5. The van der Waals surface area contributed by atoms with Crippen LogP contribution in [0.15, 0.2) is 45.1 Å². The van der Waals surface area contributed by atoms with Crippen molar-refractivity contribution >= 4 is 20.9 Å². The van der Waals surface area contributed by atoms with E-state index in [0.717, 1.165) is 17.4 Å². The van der Waals surface area contributed by atoms with Crippen LogP contribution in [0.4, 0.5) is 0 Å². The lowest BCUT2D eigenvalue weighted by atomic mass is 10.2. The summed E-state index contributed by atoms with van der Waals surface area (Å²) in [4.78, 5) is 26.4. The molecule has 2 aliphatic rings. The lowest BCUT2D eigenvalue weighted by Crippen LogP contribution is -2.41. The molecule has 166 valence electrons. The zero-order chi connectivity index (χ0) is 22.7. The van der Waals surface area contributed by atoms with Crippen molar-refractivity contribution in [1.82, 2.24) is 23.6 Å². The first-order valence-electron chi connectivity index (χ1n) is 10.4. The van der Waals surface area contributed by atoms with Crippen LogP contribution in [0.2, 0.25) is 0 Å². The third kappa shape index (κ3) is 3.65. The molecule has 2 aliphatic carbocycles. The van der Waals surface area contributed by atoms with E-state index < -0.39 is 26.8 Å². The molecule has 1 aromatic carbocycles. The molecule has 10 nitrogen and oxygen atoms in total. The normalized spacial score (nSPS) is 17.4. The lowest BCUT2D eigenvalue weighted by molar-refractivity contribution is 0.564. The molecule has 0 amide bonds. The van der Waals surface area contributed by atoms with Crippen molar-refractivity contribution in [2.24, 2.45) is 13.0 Å². The maximum atomic E-state index is 13.3. The molecule has 2 aromatic heterocycles. The number of hydrogen-bond donors (Lipinski definition) is 1. The first kappa shape index (κ1) is 20.7. The second kappa shape index (κ2) is 7.15. The van der Waals surface area contributed by atoms with E-state index in [1.54, 1.807) is 28.7 Å². The lowest BCUT2D eigenvalue weighted by Gasteiger charge is -2.15. The molecule has 2 fully saturated rings. The van der Waals surface area contributed by atoms with Gasteiger partial charge in [0.2, 0.25) is 10.0 Å². The van der Waals surface area contributed by atoms with Crippen LogP contribution in [0.5, 0.6) is 0 Å². The average molecular weight is 455 g/mol. The highest BCUT2D eigenvalue weighted by atomic mass is 32.2. The Morgan fingerprint density at radius 3 is 2.59 bits per heavy atom. The number of hydrogen-bond acceptors (Lipinski definition) is 6. The van der Waals surface area contributed by atoms with Gasteiger partial charge >= 0.3 is 5.69 Å². The standard InChI is InChI=1S/C21H22N6O4S/c1-25-10-15(9-23-25)12-27-19(28)17-8-16(32(30,31)24-21(13-22)6-7-21)4-5-18(17)26(20(27)29)11-14-2-3-14/h4-5,8-10,14,24H,2-3,6-7,11-12H2,1H3. The van der Waals surface area contributed by atoms with Gasteiger partial charge in [0.1, 0.15) is 5.54 Å². The Kier molecular flexibility index (Phi) is 4.61. The number of benzene rings is 1. The van der Waals surface area contributed by atoms with Gasteiger partial charge in [-0.05, 0) is 49.8 Å². The maximum absolute atomic E-state index is 13.3. The summed E-state index contributed by atoms with van der Waals surface area (Å²) in [6.07, 6.45) is 6.25. The van der Waals surface area contributed by atoms with Crippen LogP contribution in [0.1, 0.15) is 31.2 Å². The minimum absolute atomic E-state index is 0.0406. The van der Waals surface area contributed by atoms with E-state index in [2.05, 4.69) is 9.82 Å². The molecule has 2 saturated carbocycles. The molecule has 0 saturated heterocycles. The number of fused-ring (bicyclic) bond motifs is 1. The summed E-state index contributed by atoms with van der Waals surface area (Å²) in [6.45, 7) is 0.517. The van der Waals surface area contributed by atoms with Gasteiger partial charge in [-0.1, -0.05) is 0 Å². The van der Waals surface area contributed by atoms with E-state index in [9.17, 15) is 23.3 Å². The fourth-order valence-corrected chi connectivity index (χ4v) is 5.26. The van der Waals surface area contributed by atoms with E-state index in [1.165, 1.54) is 18.2 Å². The van der Waals surface area contributed by atoms with Crippen molar-refractivity contribution in [2.45, 2.75) is 49.2 Å². The summed E-state index contributed by atoms with van der Waals surface area (Å²) in [5, 5.41) is 13.5. The summed E-state index contributed by atoms with van der Waals surface area (Å²) in [5.74, 6) is 0.371. The van der Waals surface area contributed by atoms with Gasteiger partial charge in [-0.25, -0.2) is 13.2 Å². The SMILES string of the molecule is Cn1cc(Cn2c(=O)c3cc(S(=O)(=O)NC4(C#N)CC4)ccc3n(CC3CC3)c2=O)cn1. The molecule has 0 aliphatic heterocycles. The largest absolute Gasteiger partial charge is 0.331 e. The summed E-state index contributed by atoms with van der Waals surface area (Å²) in [7, 11) is -2.25. The van der Waals surface area contributed by atoms with Gasteiger partial charge in [0, 0.05) is 25.4 Å². The van der Waals surface area contributed by atoms with Crippen molar-refractivity contribution in [3.05, 3.63) is 57.0 Å². The molecule has 2 heterocycles. The molecule has 0 spiro atoms. The van der Waals surface area contributed by atoms with Gasteiger partial charge in [0.25, 0.3) is 5.56 Å². The highest BCUT2D eigenvalue weighted by Crippen LogP contribution is 2.36. The van der Waals surface area contributed by atoms with E-state index in [1.807, 2.05) is 6.07 Å². The molecule has 0 unspecified atom stereocenters. The van der Waals surface area contributed by atoms with E-state index in [0.29, 0.717) is 36.4 Å². The predicted molar refractivity (Wildman–Crippen MR) is 115 cm³/mol. The Balaban J connectivity index is 1.66. The van der Waals surface area contributed by atoms with Crippen molar-refractivity contribution < 1.29 is 8.42 Å². The molecule has 3 aromatic rings. The van der Waals surface area contributed by atoms with Crippen LogP contribution in [0, 0.1) is 17.2 Å². The molecule has 0 bridgehead atoms. The Bertz CT molecular complexity index is 1500. The smallest absolute Gasteiger partial charge is 0.293 e. The zero-order valence-electron chi connectivity index (χ0n) is 17.5. The highest BCUT2D eigenvalue weighted by molar-refractivity contribution is 7.89. The van der Waals surface area contributed by atoms with Crippen LogP contribution in [0.3, 0.4) is 0 Å². The van der Waals surface area contributed by atoms with Crippen LogP contribution >= 0.6 is 0 Å². The Morgan fingerprint density at radius 1 is 1.25 bits per heavy atom. The first-order chi connectivity index (χ1) is 15.2. The molecule has 32 heavy (non-hydrogen) atoms. The van der Waals surface area contributed by atoms with Crippen molar-refractivity contribution in [3.8, 4) is 6.07 Å². The third-order valence-corrected chi connectivity index (χ3v) is 7.57. The molecular weight excluding hydrogens is 432 g/mol. The summed E-state index contributed by atoms with van der Waals surface area (Å²) in [5.41, 5.74) is -0.944. The Morgan fingerprint density at radius 2 is 2.00 bits per heavy atom. The van der Waals surface area contributed by atoms with Gasteiger partial charge in [0.05, 0.1) is 34.6 Å². The van der Waals surface area contributed by atoms with E-state index in [4.69, 9.17) is 0 Å². The van der Waals surface area contributed by atoms with Crippen LogP contribution in [-0.2, 0) is 30.2 Å². The Labute approximate surface area is 183 Å². The average Bonchev–Trinajstić information content (AvgIpc) is 3.69. The number of aryl methyl sites for hydroxylation is 1. The number of aromatic nitrogens is 4. The van der Waals surface area contributed by atoms with Crippen molar-refractivity contribution in [3.63, 3.8) is 0 Å². The topological polar surface area (TPSA) is 132 Å².